The second-order valence-corrected chi connectivity index (χ2v) is 4.57. The molecular formula is C7H17NO3S. The Morgan fingerprint density at radius 1 is 1.25 bits per heavy atom. The van der Waals surface area contributed by atoms with Gasteiger partial charge in [0, 0.05) is 19.7 Å². The van der Waals surface area contributed by atoms with E-state index in [1.165, 1.54) is 4.31 Å². The van der Waals surface area contributed by atoms with Crippen molar-refractivity contribution >= 4 is 10.0 Å². The summed E-state index contributed by atoms with van der Waals surface area (Å²) in [6, 6.07) is 0. The van der Waals surface area contributed by atoms with Crippen LogP contribution in [0.4, 0.5) is 0 Å². The van der Waals surface area contributed by atoms with Crippen molar-refractivity contribution in [1.82, 2.24) is 4.31 Å². The van der Waals surface area contributed by atoms with Gasteiger partial charge in [-0.25, -0.2) is 12.7 Å². The van der Waals surface area contributed by atoms with Gasteiger partial charge in [0.05, 0.1) is 5.75 Å². The van der Waals surface area contributed by atoms with Crippen LogP contribution in [0.5, 0.6) is 0 Å². The zero-order valence-corrected chi connectivity index (χ0v) is 8.47. The Labute approximate surface area is 74.2 Å². The standard InChI is InChI=1S/C7H17NO3S/c1-3-8(4-2)12(10,11)7-5-6-9/h9H,3-7H2,1-2H3. The van der Waals surface area contributed by atoms with E-state index < -0.39 is 10.0 Å². The van der Waals surface area contributed by atoms with Gasteiger partial charge in [0.15, 0.2) is 0 Å². The summed E-state index contributed by atoms with van der Waals surface area (Å²) < 4.78 is 24.1. The Kier molecular flexibility index (Phi) is 5.44. The molecule has 4 nitrogen and oxygen atoms in total. The summed E-state index contributed by atoms with van der Waals surface area (Å²) in [5, 5.41) is 8.47. The van der Waals surface area contributed by atoms with Crippen LogP contribution in [0.15, 0.2) is 0 Å². The normalized spacial score (nSPS) is 12.3. The fraction of sp³-hybridized carbons (Fsp3) is 1.00. The maximum Gasteiger partial charge on any atom is 0.214 e. The zero-order valence-electron chi connectivity index (χ0n) is 7.65. The first-order chi connectivity index (χ1) is 5.58. The summed E-state index contributed by atoms with van der Waals surface area (Å²) in [7, 11) is -3.11. The maximum absolute atomic E-state index is 11.4. The average molecular weight is 195 g/mol. The zero-order chi connectivity index (χ0) is 9.61. The molecule has 0 spiro atoms. The van der Waals surface area contributed by atoms with Crippen LogP contribution in [-0.2, 0) is 10.0 Å². The van der Waals surface area contributed by atoms with Crippen molar-refractivity contribution in [3.05, 3.63) is 0 Å². The molecule has 0 amide bonds. The van der Waals surface area contributed by atoms with Gasteiger partial charge in [-0.1, -0.05) is 13.8 Å². The molecule has 0 aromatic heterocycles. The second kappa shape index (κ2) is 5.50. The first-order valence-corrected chi connectivity index (χ1v) is 5.78. The van der Waals surface area contributed by atoms with Gasteiger partial charge in [-0.2, -0.15) is 0 Å². The summed E-state index contributed by atoms with van der Waals surface area (Å²) in [6.45, 7) is 4.55. The Hall–Kier alpha value is -0.130. The van der Waals surface area contributed by atoms with Crippen LogP contribution in [0.25, 0.3) is 0 Å². The van der Waals surface area contributed by atoms with Crippen molar-refractivity contribution in [3.63, 3.8) is 0 Å². The van der Waals surface area contributed by atoms with Crippen molar-refractivity contribution in [2.45, 2.75) is 20.3 Å². The highest BCUT2D eigenvalue weighted by Crippen LogP contribution is 2.01. The summed E-state index contributed by atoms with van der Waals surface area (Å²) >= 11 is 0. The molecule has 1 N–H and O–H groups in total. The fourth-order valence-electron chi connectivity index (χ4n) is 0.993. The van der Waals surface area contributed by atoms with Gasteiger partial charge >= 0.3 is 0 Å². The first kappa shape index (κ1) is 11.9. The summed E-state index contributed by atoms with van der Waals surface area (Å²) in [6.07, 6.45) is 0.318. The van der Waals surface area contributed by atoms with Gasteiger partial charge in [0.25, 0.3) is 0 Å². The Balaban J connectivity index is 4.17. The van der Waals surface area contributed by atoms with Crippen LogP contribution in [0.3, 0.4) is 0 Å². The molecule has 0 saturated carbocycles. The SMILES string of the molecule is CCN(CC)S(=O)(=O)CCCO. The molecule has 12 heavy (non-hydrogen) atoms. The predicted molar refractivity (Wildman–Crippen MR) is 48.4 cm³/mol. The van der Waals surface area contributed by atoms with Gasteiger partial charge in [-0.05, 0) is 6.42 Å². The molecule has 0 aromatic rings. The first-order valence-electron chi connectivity index (χ1n) is 4.17. The number of rotatable bonds is 6. The number of sulfonamides is 1. The highest BCUT2D eigenvalue weighted by atomic mass is 32.2. The van der Waals surface area contributed by atoms with E-state index in [4.69, 9.17) is 5.11 Å². The van der Waals surface area contributed by atoms with Crippen LogP contribution >= 0.6 is 0 Å². The number of aliphatic hydroxyl groups excluding tert-OH is 1. The lowest BCUT2D eigenvalue weighted by molar-refractivity contribution is 0.294. The lowest BCUT2D eigenvalue weighted by Gasteiger charge is -2.17. The quantitative estimate of drug-likeness (QED) is 0.651. The fourth-order valence-corrected chi connectivity index (χ4v) is 2.53. The van der Waals surface area contributed by atoms with Crippen LogP contribution in [-0.4, -0.2) is 43.3 Å². The third kappa shape index (κ3) is 3.51. The maximum atomic E-state index is 11.4. The molecular weight excluding hydrogens is 178 g/mol. The number of hydrogen-bond donors (Lipinski definition) is 1. The van der Waals surface area contributed by atoms with Gasteiger partial charge in [0.2, 0.25) is 10.0 Å². The van der Waals surface area contributed by atoms with Crippen molar-refractivity contribution in [1.29, 1.82) is 0 Å². The predicted octanol–water partition coefficient (Wildman–Crippen LogP) is 0.0404. The Bertz CT molecular complexity index is 197. The van der Waals surface area contributed by atoms with E-state index in [2.05, 4.69) is 0 Å². The van der Waals surface area contributed by atoms with Gasteiger partial charge in [-0.3, -0.25) is 0 Å². The topological polar surface area (TPSA) is 57.6 Å². The van der Waals surface area contributed by atoms with Crippen molar-refractivity contribution in [2.24, 2.45) is 0 Å². The molecule has 0 fully saturated rings. The monoisotopic (exact) mass is 195 g/mol. The van der Waals surface area contributed by atoms with Crippen LogP contribution in [0.1, 0.15) is 20.3 Å². The van der Waals surface area contributed by atoms with E-state index in [1.54, 1.807) is 13.8 Å². The molecule has 5 heteroatoms. The number of aliphatic hydroxyl groups is 1. The summed E-state index contributed by atoms with van der Waals surface area (Å²) in [5.74, 6) is 0.0468. The van der Waals surface area contributed by atoms with E-state index in [9.17, 15) is 8.42 Å². The minimum atomic E-state index is -3.11. The molecule has 0 aromatic carbocycles. The van der Waals surface area contributed by atoms with Crippen LogP contribution in [0.2, 0.25) is 0 Å². The molecule has 74 valence electrons. The molecule has 0 unspecified atom stereocenters. The minimum absolute atomic E-state index is 0.0468. The lowest BCUT2D eigenvalue weighted by atomic mass is 10.5. The van der Waals surface area contributed by atoms with E-state index in [1.807, 2.05) is 0 Å². The van der Waals surface area contributed by atoms with Crippen molar-refractivity contribution in [2.75, 3.05) is 25.4 Å². The number of nitrogens with zero attached hydrogens (tertiary/aromatic N) is 1. The largest absolute Gasteiger partial charge is 0.396 e. The molecule has 0 radical (unpaired) electrons. The van der Waals surface area contributed by atoms with Crippen molar-refractivity contribution < 1.29 is 13.5 Å². The van der Waals surface area contributed by atoms with E-state index in [-0.39, 0.29) is 12.4 Å². The molecule has 0 aliphatic heterocycles. The highest BCUT2D eigenvalue weighted by Gasteiger charge is 2.17. The second-order valence-electron chi connectivity index (χ2n) is 2.48. The lowest BCUT2D eigenvalue weighted by Crippen LogP contribution is -2.32. The van der Waals surface area contributed by atoms with Gasteiger partial charge in [-0.15, -0.1) is 0 Å². The molecule has 0 rings (SSSR count). The summed E-state index contributed by atoms with van der Waals surface area (Å²) in [4.78, 5) is 0. The van der Waals surface area contributed by atoms with Crippen LogP contribution in [0, 0.1) is 0 Å². The van der Waals surface area contributed by atoms with Gasteiger partial charge < -0.3 is 5.11 Å². The van der Waals surface area contributed by atoms with Gasteiger partial charge in [0.1, 0.15) is 0 Å². The summed E-state index contributed by atoms with van der Waals surface area (Å²) in [5.41, 5.74) is 0. The highest BCUT2D eigenvalue weighted by molar-refractivity contribution is 7.89. The van der Waals surface area contributed by atoms with E-state index in [0.717, 1.165) is 0 Å². The number of hydrogen-bond acceptors (Lipinski definition) is 3. The minimum Gasteiger partial charge on any atom is -0.396 e. The Morgan fingerprint density at radius 3 is 2.08 bits per heavy atom. The molecule has 0 aliphatic carbocycles. The van der Waals surface area contributed by atoms with E-state index >= 15 is 0 Å². The molecule has 0 aliphatic rings. The van der Waals surface area contributed by atoms with Crippen LogP contribution < -0.4 is 0 Å². The smallest absolute Gasteiger partial charge is 0.214 e. The third-order valence-corrected chi connectivity index (χ3v) is 3.77. The average Bonchev–Trinajstić information content (AvgIpc) is 2.03. The third-order valence-electron chi connectivity index (χ3n) is 1.66. The molecule has 0 heterocycles. The molecule has 0 bridgehead atoms. The van der Waals surface area contributed by atoms with E-state index in [0.29, 0.717) is 19.5 Å². The Morgan fingerprint density at radius 2 is 1.75 bits per heavy atom. The van der Waals surface area contributed by atoms with Crippen molar-refractivity contribution in [3.8, 4) is 0 Å². The molecule has 0 atom stereocenters. The molecule has 0 saturated heterocycles.